The van der Waals surface area contributed by atoms with Gasteiger partial charge in [0, 0.05) is 18.6 Å². The van der Waals surface area contributed by atoms with Gasteiger partial charge in [0.2, 0.25) is 0 Å². The summed E-state index contributed by atoms with van der Waals surface area (Å²) in [6, 6.07) is 10.8. The maximum absolute atomic E-state index is 12.6. The van der Waals surface area contributed by atoms with Crippen LogP contribution in [0.25, 0.3) is 0 Å². The molecule has 0 aliphatic heterocycles. The van der Waals surface area contributed by atoms with Gasteiger partial charge >= 0.3 is 11.9 Å². The van der Waals surface area contributed by atoms with Crippen LogP contribution < -0.4 is 4.74 Å². The van der Waals surface area contributed by atoms with E-state index in [4.69, 9.17) is 20.1 Å². The van der Waals surface area contributed by atoms with E-state index in [2.05, 4.69) is 0 Å². The lowest BCUT2D eigenvalue weighted by atomic mass is 10.3. The van der Waals surface area contributed by atoms with Gasteiger partial charge in [-0.25, -0.2) is 8.78 Å². The summed E-state index contributed by atoms with van der Waals surface area (Å²) in [4.78, 5) is 19.7. The highest BCUT2D eigenvalue weighted by atomic mass is 19.1. The van der Waals surface area contributed by atoms with Crippen molar-refractivity contribution in [2.75, 3.05) is 6.61 Å². The Bertz CT molecular complexity index is 689. The minimum atomic E-state index is -0.934. The molecule has 2 rings (SSSR count). The van der Waals surface area contributed by atoms with Gasteiger partial charge in [0.25, 0.3) is 0 Å². The van der Waals surface area contributed by atoms with E-state index in [1.54, 1.807) is 6.07 Å². The summed E-state index contributed by atoms with van der Waals surface area (Å²) in [6.45, 7) is 1.90. The normalized spacial score (nSPS) is 9.15. The average molecular weight is 384 g/mol. The van der Waals surface area contributed by atoms with E-state index in [0.717, 1.165) is 12.5 Å². The van der Waals surface area contributed by atoms with E-state index in [1.807, 2.05) is 6.92 Å². The van der Waals surface area contributed by atoms with Crippen molar-refractivity contribution < 1.29 is 38.4 Å². The summed E-state index contributed by atoms with van der Waals surface area (Å²) >= 11 is 0. The number of hydrogen-bond acceptors (Lipinski definition) is 4. The smallest absolute Gasteiger partial charge is 0.306 e. The SMILES string of the molecule is CCCC(=O)O.O=C(O)CCOc1cccc(F)c1.Oc1cccc(F)c1. The number of benzene rings is 2. The summed E-state index contributed by atoms with van der Waals surface area (Å²) in [6.07, 6.45) is 0.936. The number of carboxylic acid groups (broad SMARTS) is 2. The van der Waals surface area contributed by atoms with Crippen LogP contribution in [-0.4, -0.2) is 33.9 Å². The Morgan fingerprint density at radius 1 is 0.926 bits per heavy atom. The molecule has 3 N–H and O–H groups in total. The van der Waals surface area contributed by atoms with E-state index in [9.17, 15) is 18.4 Å². The van der Waals surface area contributed by atoms with E-state index in [1.165, 1.54) is 36.4 Å². The zero-order valence-electron chi connectivity index (χ0n) is 14.8. The molecule has 0 unspecified atom stereocenters. The first-order chi connectivity index (χ1) is 12.7. The molecule has 0 fully saturated rings. The number of phenols is 1. The van der Waals surface area contributed by atoms with E-state index < -0.39 is 23.6 Å². The first-order valence-electron chi connectivity index (χ1n) is 8.01. The molecule has 0 aromatic heterocycles. The summed E-state index contributed by atoms with van der Waals surface area (Å²) < 4.78 is 29.5. The monoisotopic (exact) mass is 384 g/mol. The van der Waals surface area contributed by atoms with Crippen molar-refractivity contribution in [3.8, 4) is 11.5 Å². The fourth-order valence-electron chi connectivity index (χ4n) is 1.50. The van der Waals surface area contributed by atoms with Crippen LogP contribution in [0.4, 0.5) is 8.78 Å². The lowest BCUT2D eigenvalue weighted by Crippen LogP contribution is -2.04. The summed E-state index contributed by atoms with van der Waals surface area (Å²) in [5.41, 5.74) is 0. The van der Waals surface area contributed by atoms with Gasteiger partial charge < -0.3 is 20.1 Å². The quantitative estimate of drug-likeness (QED) is 0.693. The van der Waals surface area contributed by atoms with Crippen LogP contribution in [0.1, 0.15) is 26.2 Å². The molecular weight excluding hydrogens is 362 g/mol. The Morgan fingerprint density at radius 2 is 1.48 bits per heavy atom. The zero-order chi connectivity index (χ0) is 20.7. The largest absolute Gasteiger partial charge is 0.508 e. The van der Waals surface area contributed by atoms with Gasteiger partial charge in [-0.2, -0.15) is 0 Å². The Labute approximate surface area is 155 Å². The fraction of sp³-hybridized carbons (Fsp3) is 0.263. The van der Waals surface area contributed by atoms with Crippen molar-refractivity contribution >= 4 is 11.9 Å². The summed E-state index contributed by atoms with van der Waals surface area (Å²) in [5, 5.41) is 24.8. The molecule has 148 valence electrons. The van der Waals surface area contributed by atoms with Crippen molar-refractivity contribution in [1.82, 2.24) is 0 Å². The molecule has 0 saturated carbocycles. The molecule has 0 aliphatic rings. The third kappa shape index (κ3) is 14.9. The Morgan fingerprint density at radius 3 is 1.85 bits per heavy atom. The number of rotatable bonds is 6. The van der Waals surface area contributed by atoms with Crippen LogP contribution in [0.15, 0.2) is 48.5 Å². The van der Waals surface area contributed by atoms with Gasteiger partial charge in [0.1, 0.15) is 23.1 Å². The van der Waals surface area contributed by atoms with E-state index >= 15 is 0 Å². The van der Waals surface area contributed by atoms with Crippen LogP contribution in [-0.2, 0) is 9.59 Å². The van der Waals surface area contributed by atoms with Gasteiger partial charge in [-0.15, -0.1) is 0 Å². The lowest BCUT2D eigenvalue weighted by molar-refractivity contribution is -0.138. The second-order valence-corrected chi connectivity index (χ2v) is 5.07. The van der Waals surface area contributed by atoms with Gasteiger partial charge in [-0.1, -0.05) is 19.1 Å². The number of halogens is 2. The van der Waals surface area contributed by atoms with E-state index in [0.29, 0.717) is 12.2 Å². The Balaban J connectivity index is 0.000000413. The third-order valence-electron chi connectivity index (χ3n) is 2.65. The third-order valence-corrected chi connectivity index (χ3v) is 2.65. The topological polar surface area (TPSA) is 104 Å². The van der Waals surface area contributed by atoms with Gasteiger partial charge in [0.05, 0.1) is 13.0 Å². The predicted octanol–water partition coefficient (Wildman–Crippen LogP) is 4.08. The number of hydrogen-bond donors (Lipinski definition) is 3. The molecule has 6 nitrogen and oxygen atoms in total. The maximum Gasteiger partial charge on any atom is 0.306 e. The van der Waals surface area contributed by atoms with Crippen LogP contribution in [0.3, 0.4) is 0 Å². The molecule has 0 bridgehead atoms. The highest BCUT2D eigenvalue weighted by Crippen LogP contribution is 2.11. The number of aromatic hydroxyl groups is 1. The standard InChI is InChI=1S/C9H9FO3.C6H5FO.C4H8O2/c10-7-2-1-3-8(6-7)13-5-4-9(11)12;7-5-2-1-3-6(8)4-5;1-2-3-4(5)6/h1-3,6H,4-5H2,(H,11,12);1-4,8H;2-3H2,1H3,(H,5,6). The van der Waals surface area contributed by atoms with Gasteiger partial charge in [-0.05, 0) is 30.7 Å². The van der Waals surface area contributed by atoms with Crippen LogP contribution in [0.2, 0.25) is 0 Å². The van der Waals surface area contributed by atoms with E-state index in [-0.39, 0.29) is 18.8 Å². The minimum absolute atomic E-state index is 0.0370. The number of aliphatic carboxylic acids is 2. The minimum Gasteiger partial charge on any atom is -0.508 e. The van der Waals surface area contributed by atoms with Crippen LogP contribution in [0, 0.1) is 11.6 Å². The van der Waals surface area contributed by atoms with Gasteiger partial charge in [0.15, 0.2) is 0 Å². The highest BCUT2D eigenvalue weighted by molar-refractivity contribution is 5.66. The first kappa shape index (κ1) is 23.8. The van der Waals surface area contributed by atoms with Crippen molar-refractivity contribution in [1.29, 1.82) is 0 Å². The van der Waals surface area contributed by atoms with Gasteiger partial charge in [-0.3, -0.25) is 9.59 Å². The molecule has 2 aromatic carbocycles. The van der Waals surface area contributed by atoms with Crippen molar-refractivity contribution in [2.24, 2.45) is 0 Å². The molecule has 8 heteroatoms. The first-order valence-corrected chi connectivity index (χ1v) is 8.01. The second kappa shape index (κ2) is 14.1. The van der Waals surface area contributed by atoms with Crippen LogP contribution in [0.5, 0.6) is 11.5 Å². The molecule has 27 heavy (non-hydrogen) atoms. The highest BCUT2D eigenvalue weighted by Gasteiger charge is 1.98. The van der Waals surface area contributed by atoms with Crippen molar-refractivity contribution in [3.05, 3.63) is 60.2 Å². The van der Waals surface area contributed by atoms with Crippen LogP contribution >= 0.6 is 0 Å². The molecule has 0 saturated heterocycles. The molecule has 0 amide bonds. The molecule has 2 aromatic rings. The molecule has 0 spiro atoms. The number of carboxylic acids is 2. The Kier molecular flexibility index (Phi) is 12.4. The van der Waals surface area contributed by atoms with Crippen molar-refractivity contribution in [2.45, 2.75) is 26.2 Å². The lowest BCUT2D eigenvalue weighted by Gasteiger charge is -2.03. The zero-order valence-corrected chi connectivity index (χ0v) is 14.8. The molecule has 0 heterocycles. The van der Waals surface area contributed by atoms with Crippen molar-refractivity contribution in [3.63, 3.8) is 0 Å². The number of carbonyl (C=O) groups is 2. The molecule has 0 atom stereocenters. The molecule has 0 radical (unpaired) electrons. The average Bonchev–Trinajstić information content (AvgIpc) is 2.55. The summed E-state index contributed by atoms with van der Waals surface area (Å²) in [5.74, 6) is -2.14. The summed E-state index contributed by atoms with van der Waals surface area (Å²) in [7, 11) is 0. The number of phenolic OH excluding ortho intramolecular Hbond substituents is 1. The molecule has 0 aliphatic carbocycles. The molecular formula is C19H22F2O6. The predicted molar refractivity (Wildman–Crippen MR) is 94.8 cm³/mol. The number of ether oxygens (including phenoxy) is 1. The maximum atomic E-state index is 12.6. The Hall–Kier alpha value is -3.16. The fourth-order valence-corrected chi connectivity index (χ4v) is 1.50. The second-order valence-electron chi connectivity index (χ2n) is 5.07.